The van der Waals surface area contributed by atoms with Gasteiger partial charge in [0.15, 0.2) is 5.11 Å². The Morgan fingerprint density at radius 3 is 2.29 bits per heavy atom. The number of rotatable bonds is 3. The number of halogens is 4. The molecule has 2 amide bonds. The minimum atomic E-state index is -4.83. The van der Waals surface area contributed by atoms with Gasteiger partial charge in [-0.15, -0.1) is 0 Å². The van der Waals surface area contributed by atoms with Gasteiger partial charge in [-0.2, -0.15) is 18.4 Å². The second-order valence-electron chi connectivity index (χ2n) is 7.19. The molecule has 0 spiro atoms. The van der Waals surface area contributed by atoms with Gasteiger partial charge in [0.05, 0.1) is 28.4 Å². The average molecular weight is 450 g/mol. The Bertz CT molecular complexity index is 1170. The van der Waals surface area contributed by atoms with E-state index in [9.17, 15) is 27.2 Å². The lowest BCUT2D eigenvalue weighted by Crippen LogP contribution is -2.44. The molecule has 2 N–H and O–H groups in total. The van der Waals surface area contributed by atoms with E-state index < -0.39 is 40.5 Å². The maximum absolute atomic E-state index is 14.3. The van der Waals surface area contributed by atoms with Crippen molar-refractivity contribution < 1.29 is 27.2 Å². The Labute approximate surface area is 179 Å². The third kappa shape index (κ3) is 3.59. The number of benzene rings is 2. The molecule has 2 aromatic carbocycles. The Kier molecular flexibility index (Phi) is 5.23. The standard InChI is InChI=1S/C20H14F4N4O2S/c1-19(2)17(30)27(11-4-3-10(9-25)14(7-11)20(22,23)24)18(31)28(19)12-5-6-13(16(26)29)15(21)8-12/h3-8H,1-2H3,(H2,26,29). The van der Waals surface area contributed by atoms with Crippen molar-refractivity contribution in [2.45, 2.75) is 25.6 Å². The van der Waals surface area contributed by atoms with Gasteiger partial charge in [0.1, 0.15) is 11.4 Å². The summed E-state index contributed by atoms with van der Waals surface area (Å²) in [6, 6.07) is 7.68. The van der Waals surface area contributed by atoms with Gasteiger partial charge in [-0.3, -0.25) is 14.5 Å². The first-order chi connectivity index (χ1) is 14.3. The van der Waals surface area contributed by atoms with E-state index >= 15 is 0 Å². The fraction of sp³-hybridized carbons (Fsp3) is 0.200. The molecule has 1 aliphatic heterocycles. The highest BCUT2D eigenvalue weighted by atomic mass is 32.1. The van der Waals surface area contributed by atoms with E-state index in [-0.39, 0.29) is 22.1 Å². The fourth-order valence-electron chi connectivity index (χ4n) is 3.30. The zero-order chi connectivity index (χ0) is 23.3. The van der Waals surface area contributed by atoms with Gasteiger partial charge in [-0.05, 0) is 62.5 Å². The monoisotopic (exact) mass is 450 g/mol. The summed E-state index contributed by atoms with van der Waals surface area (Å²) in [4.78, 5) is 26.5. The van der Waals surface area contributed by atoms with E-state index in [1.807, 2.05) is 0 Å². The van der Waals surface area contributed by atoms with Crippen molar-refractivity contribution in [3.05, 3.63) is 58.9 Å². The van der Waals surface area contributed by atoms with E-state index in [2.05, 4.69) is 0 Å². The molecular formula is C20H14F4N4O2S. The number of nitrogens with two attached hydrogens (primary N) is 1. The molecule has 1 saturated heterocycles. The summed E-state index contributed by atoms with van der Waals surface area (Å²) in [6.45, 7) is 2.94. The highest BCUT2D eigenvalue weighted by molar-refractivity contribution is 7.81. The molecule has 11 heteroatoms. The molecule has 1 fully saturated rings. The fourth-order valence-corrected chi connectivity index (χ4v) is 3.82. The number of hydrogen-bond acceptors (Lipinski definition) is 4. The van der Waals surface area contributed by atoms with Crippen LogP contribution in [0.2, 0.25) is 0 Å². The van der Waals surface area contributed by atoms with Crippen LogP contribution in [-0.2, 0) is 11.0 Å². The van der Waals surface area contributed by atoms with Crippen LogP contribution in [0.5, 0.6) is 0 Å². The molecule has 160 valence electrons. The van der Waals surface area contributed by atoms with Crippen molar-refractivity contribution in [1.82, 2.24) is 0 Å². The van der Waals surface area contributed by atoms with Crippen molar-refractivity contribution in [1.29, 1.82) is 5.26 Å². The Hall–Kier alpha value is -3.52. The van der Waals surface area contributed by atoms with E-state index in [4.69, 9.17) is 23.2 Å². The highest BCUT2D eigenvalue weighted by Gasteiger charge is 2.50. The quantitative estimate of drug-likeness (QED) is 0.569. The van der Waals surface area contributed by atoms with Crippen LogP contribution in [0, 0.1) is 17.1 Å². The van der Waals surface area contributed by atoms with Gasteiger partial charge in [-0.1, -0.05) is 0 Å². The molecule has 0 aromatic heterocycles. The summed E-state index contributed by atoms with van der Waals surface area (Å²) in [6.07, 6.45) is -4.83. The van der Waals surface area contributed by atoms with Crippen molar-refractivity contribution in [2.24, 2.45) is 5.73 Å². The first-order valence-electron chi connectivity index (χ1n) is 8.70. The first-order valence-corrected chi connectivity index (χ1v) is 9.11. The third-order valence-corrected chi connectivity index (χ3v) is 5.20. The van der Waals surface area contributed by atoms with Crippen LogP contribution in [0.15, 0.2) is 36.4 Å². The molecule has 31 heavy (non-hydrogen) atoms. The predicted molar refractivity (Wildman–Crippen MR) is 108 cm³/mol. The lowest BCUT2D eigenvalue weighted by molar-refractivity contribution is -0.137. The Morgan fingerprint density at radius 1 is 1.16 bits per heavy atom. The Balaban J connectivity index is 2.12. The third-order valence-electron chi connectivity index (χ3n) is 4.83. The lowest BCUT2D eigenvalue weighted by Gasteiger charge is -2.29. The number of carbonyl (C=O) groups is 2. The zero-order valence-corrected chi connectivity index (χ0v) is 16.9. The SMILES string of the molecule is CC1(C)C(=O)N(c2ccc(C#N)c(C(F)(F)F)c2)C(=S)N1c1ccc(C(N)=O)c(F)c1. The summed E-state index contributed by atoms with van der Waals surface area (Å²) in [7, 11) is 0. The number of alkyl halides is 3. The lowest BCUT2D eigenvalue weighted by atomic mass is 10.0. The second kappa shape index (κ2) is 7.31. The number of anilines is 2. The van der Waals surface area contributed by atoms with Crippen molar-refractivity contribution in [3.8, 4) is 6.07 Å². The molecule has 2 aromatic rings. The summed E-state index contributed by atoms with van der Waals surface area (Å²) < 4.78 is 54.4. The molecule has 0 atom stereocenters. The van der Waals surface area contributed by atoms with E-state index in [1.54, 1.807) is 0 Å². The first kappa shape index (κ1) is 22.2. The van der Waals surface area contributed by atoms with Gasteiger partial charge in [-0.25, -0.2) is 4.39 Å². The highest BCUT2D eigenvalue weighted by Crippen LogP contribution is 2.39. The molecule has 0 unspecified atom stereocenters. The maximum atomic E-state index is 14.3. The normalized spacial score (nSPS) is 15.9. The number of carbonyl (C=O) groups excluding carboxylic acids is 2. The minimum absolute atomic E-state index is 0.109. The minimum Gasteiger partial charge on any atom is -0.366 e. The second-order valence-corrected chi connectivity index (χ2v) is 7.55. The molecule has 0 aliphatic carbocycles. The van der Waals surface area contributed by atoms with Crippen molar-refractivity contribution in [2.75, 3.05) is 9.80 Å². The molecule has 6 nitrogen and oxygen atoms in total. The van der Waals surface area contributed by atoms with Gasteiger partial charge in [0.2, 0.25) is 0 Å². The summed E-state index contributed by atoms with van der Waals surface area (Å²) >= 11 is 5.35. The van der Waals surface area contributed by atoms with Crippen LogP contribution < -0.4 is 15.5 Å². The van der Waals surface area contributed by atoms with Gasteiger partial charge < -0.3 is 10.6 Å². The zero-order valence-electron chi connectivity index (χ0n) is 16.1. The molecule has 0 bridgehead atoms. The van der Waals surface area contributed by atoms with Crippen molar-refractivity contribution in [3.63, 3.8) is 0 Å². The number of hydrogen-bond donors (Lipinski definition) is 1. The molecule has 0 radical (unpaired) electrons. The summed E-state index contributed by atoms with van der Waals surface area (Å²) in [5.41, 5.74) is 1.45. The van der Waals surface area contributed by atoms with E-state index in [0.29, 0.717) is 6.07 Å². The number of nitrogens with zero attached hydrogens (tertiary/aromatic N) is 3. The van der Waals surface area contributed by atoms with Crippen LogP contribution in [0.3, 0.4) is 0 Å². The van der Waals surface area contributed by atoms with Gasteiger partial charge >= 0.3 is 6.18 Å². The topological polar surface area (TPSA) is 90.4 Å². The van der Waals surface area contributed by atoms with Gasteiger partial charge in [0.25, 0.3) is 11.8 Å². The van der Waals surface area contributed by atoms with Crippen LogP contribution in [-0.4, -0.2) is 22.5 Å². The van der Waals surface area contributed by atoms with Crippen LogP contribution in [0.4, 0.5) is 28.9 Å². The van der Waals surface area contributed by atoms with Crippen LogP contribution in [0.1, 0.15) is 35.3 Å². The Morgan fingerprint density at radius 2 is 1.77 bits per heavy atom. The number of nitriles is 1. The summed E-state index contributed by atoms with van der Waals surface area (Å²) in [5.74, 6) is -2.58. The largest absolute Gasteiger partial charge is 0.417 e. The number of primary amides is 1. The van der Waals surface area contributed by atoms with E-state index in [0.717, 1.165) is 23.1 Å². The molecule has 3 rings (SSSR count). The maximum Gasteiger partial charge on any atom is 0.417 e. The molecular weight excluding hydrogens is 436 g/mol. The molecule has 0 saturated carbocycles. The average Bonchev–Trinajstić information content (AvgIpc) is 2.84. The molecule has 1 aliphatic rings. The number of thiocarbonyl (C=S) groups is 1. The summed E-state index contributed by atoms with van der Waals surface area (Å²) in [5, 5.41) is 8.77. The van der Waals surface area contributed by atoms with Crippen LogP contribution >= 0.6 is 12.2 Å². The van der Waals surface area contributed by atoms with Crippen molar-refractivity contribution >= 4 is 40.5 Å². The molecule has 1 heterocycles. The van der Waals surface area contributed by atoms with E-state index in [1.165, 1.54) is 36.9 Å². The number of amides is 2. The van der Waals surface area contributed by atoms with Crippen LogP contribution in [0.25, 0.3) is 0 Å². The smallest absolute Gasteiger partial charge is 0.366 e. The van der Waals surface area contributed by atoms with Gasteiger partial charge in [0, 0.05) is 5.69 Å². The predicted octanol–water partition coefficient (Wildman–Crippen LogP) is 3.73.